The maximum Gasteiger partial charge on any atom is 0.410 e. The lowest BCUT2D eigenvalue weighted by Gasteiger charge is -2.37. The molecular weight excluding hydrogens is 296 g/mol. The van der Waals surface area contributed by atoms with Crippen LogP contribution in [-0.4, -0.2) is 53.6 Å². The smallest absolute Gasteiger partial charge is 0.410 e. The molecule has 23 heavy (non-hydrogen) atoms. The molecule has 6 heteroatoms. The summed E-state index contributed by atoms with van der Waals surface area (Å²) in [5, 5.41) is 0. The third-order valence-corrected chi connectivity index (χ3v) is 3.86. The van der Waals surface area contributed by atoms with Crippen LogP contribution in [0.1, 0.15) is 49.9 Å². The normalized spacial score (nSPS) is 18.7. The van der Waals surface area contributed by atoms with Crippen LogP contribution in [0.3, 0.4) is 0 Å². The van der Waals surface area contributed by atoms with Gasteiger partial charge in [-0.2, -0.15) is 0 Å². The summed E-state index contributed by atoms with van der Waals surface area (Å²) in [6.07, 6.45) is 1.35. The number of hydrogen-bond donors (Lipinski definition) is 0. The van der Waals surface area contributed by atoms with Crippen molar-refractivity contribution in [2.24, 2.45) is 0 Å². The highest BCUT2D eigenvalue weighted by Gasteiger charge is 2.31. The maximum absolute atomic E-state index is 12.5. The number of hydrogen-bond acceptors (Lipinski definition) is 4. The van der Waals surface area contributed by atoms with Gasteiger partial charge < -0.3 is 19.0 Å². The van der Waals surface area contributed by atoms with E-state index in [2.05, 4.69) is 0 Å². The number of aryl methyl sites for hydroxylation is 1. The molecule has 0 unspecified atom stereocenters. The SMILES string of the molecule is Cc1ccc(C(=O)N2CCC[C@@H](N(C)C(=O)OC(C)(C)C)C2)o1. The number of ether oxygens (including phenoxy) is 1. The summed E-state index contributed by atoms with van der Waals surface area (Å²) in [4.78, 5) is 28.0. The second-order valence-corrected chi connectivity index (χ2v) is 7.05. The molecule has 0 radical (unpaired) electrons. The summed E-state index contributed by atoms with van der Waals surface area (Å²) >= 11 is 0. The van der Waals surface area contributed by atoms with E-state index in [4.69, 9.17) is 9.15 Å². The van der Waals surface area contributed by atoms with E-state index in [1.165, 1.54) is 0 Å². The highest BCUT2D eigenvalue weighted by atomic mass is 16.6. The summed E-state index contributed by atoms with van der Waals surface area (Å²) in [5.41, 5.74) is -0.527. The fourth-order valence-electron chi connectivity index (χ4n) is 2.64. The Bertz CT molecular complexity index is 573. The number of rotatable bonds is 2. The third kappa shape index (κ3) is 4.50. The number of carbonyl (C=O) groups is 2. The molecule has 1 aliphatic rings. The van der Waals surface area contributed by atoms with Crippen molar-refractivity contribution in [1.82, 2.24) is 9.80 Å². The van der Waals surface area contributed by atoms with Gasteiger partial charge in [0.15, 0.2) is 5.76 Å². The van der Waals surface area contributed by atoms with Gasteiger partial charge in [0, 0.05) is 20.1 Å². The molecule has 0 bridgehead atoms. The van der Waals surface area contributed by atoms with E-state index in [9.17, 15) is 9.59 Å². The van der Waals surface area contributed by atoms with E-state index in [1.54, 1.807) is 29.0 Å². The molecule has 0 aromatic carbocycles. The molecule has 1 atom stereocenters. The van der Waals surface area contributed by atoms with Gasteiger partial charge in [0.2, 0.25) is 0 Å². The Labute approximate surface area is 137 Å². The fourth-order valence-corrected chi connectivity index (χ4v) is 2.64. The van der Waals surface area contributed by atoms with Gasteiger partial charge in [-0.1, -0.05) is 0 Å². The first-order valence-electron chi connectivity index (χ1n) is 7.99. The van der Waals surface area contributed by atoms with Crippen molar-refractivity contribution in [1.29, 1.82) is 0 Å². The maximum atomic E-state index is 12.5. The number of amides is 2. The van der Waals surface area contributed by atoms with Gasteiger partial charge in [-0.15, -0.1) is 0 Å². The molecule has 1 aliphatic heterocycles. The van der Waals surface area contributed by atoms with Crippen molar-refractivity contribution in [3.63, 3.8) is 0 Å². The van der Waals surface area contributed by atoms with Gasteiger partial charge in [0.1, 0.15) is 11.4 Å². The molecule has 1 aromatic heterocycles. The summed E-state index contributed by atoms with van der Waals surface area (Å²) in [5.74, 6) is 0.941. The van der Waals surface area contributed by atoms with Crippen molar-refractivity contribution in [2.45, 2.75) is 52.2 Å². The first-order chi connectivity index (χ1) is 10.7. The summed E-state index contributed by atoms with van der Waals surface area (Å²) in [7, 11) is 1.73. The van der Waals surface area contributed by atoms with E-state index in [1.807, 2.05) is 27.7 Å². The largest absolute Gasteiger partial charge is 0.456 e. The Hall–Kier alpha value is -1.98. The molecule has 2 heterocycles. The molecule has 0 spiro atoms. The van der Waals surface area contributed by atoms with Crippen LogP contribution in [0.4, 0.5) is 4.79 Å². The predicted molar refractivity (Wildman–Crippen MR) is 86.4 cm³/mol. The van der Waals surface area contributed by atoms with E-state index >= 15 is 0 Å². The second kappa shape index (κ2) is 6.64. The molecule has 1 saturated heterocycles. The minimum atomic E-state index is -0.527. The van der Waals surface area contributed by atoms with Gasteiger partial charge >= 0.3 is 6.09 Å². The molecule has 6 nitrogen and oxygen atoms in total. The molecule has 0 aliphatic carbocycles. The van der Waals surface area contributed by atoms with Crippen molar-refractivity contribution in [3.8, 4) is 0 Å². The standard InChI is InChI=1S/C17H26N2O4/c1-12-8-9-14(22-12)15(20)19-10-6-7-13(11-19)18(5)16(21)23-17(2,3)4/h8-9,13H,6-7,10-11H2,1-5H3/t13-/m1/s1. The first-order valence-corrected chi connectivity index (χ1v) is 7.99. The number of likely N-dealkylation sites (tertiary alicyclic amines) is 1. The van der Waals surface area contributed by atoms with E-state index in [-0.39, 0.29) is 18.0 Å². The quantitative estimate of drug-likeness (QED) is 0.839. The average molecular weight is 322 g/mol. The number of nitrogens with zero attached hydrogens (tertiary/aromatic N) is 2. The topological polar surface area (TPSA) is 63.0 Å². The van der Waals surface area contributed by atoms with Crippen molar-refractivity contribution in [2.75, 3.05) is 20.1 Å². The minimum Gasteiger partial charge on any atom is -0.456 e. The number of likely N-dealkylation sites (N-methyl/N-ethyl adjacent to an activating group) is 1. The summed E-state index contributed by atoms with van der Waals surface area (Å²) in [6, 6.07) is 3.43. The lowest BCUT2D eigenvalue weighted by molar-refractivity contribution is 0.0128. The molecule has 1 fully saturated rings. The van der Waals surface area contributed by atoms with E-state index in [0.29, 0.717) is 24.6 Å². The Morgan fingerprint density at radius 1 is 1.35 bits per heavy atom. The Balaban J connectivity index is 2.00. The van der Waals surface area contributed by atoms with E-state index in [0.717, 1.165) is 12.8 Å². The third-order valence-electron chi connectivity index (χ3n) is 3.86. The van der Waals surface area contributed by atoms with Crippen LogP contribution in [0.5, 0.6) is 0 Å². The van der Waals surface area contributed by atoms with Crippen LogP contribution in [0.15, 0.2) is 16.5 Å². The average Bonchev–Trinajstić information content (AvgIpc) is 2.90. The molecule has 2 rings (SSSR count). The first kappa shape index (κ1) is 17.4. The van der Waals surface area contributed by atoms with Gasteiger partial charge in [-0.25, -0.2) is 4.79 Å². The molecule has 128 valence electrons. The predicted octanol–water partition coefficient (Wildman–Crippen LogP) is 3.06. The molecule has 0 saturated carbocycles. The fraction of sp³-hybridized carbons (Fsp3) is 0.647. The van der Waals surface area contributed by atoms with E-state index < -0.39 is 5.60 Å². The monoisotopic (exact) mass is 322 g/mol. The number of carbonyl (C=O) groups excluding carboxylic acids is 2. The lowest BCUT2D eigenvalue weighted by Crippen LogP contribution is -2.51. The van der Waals surface area contributed by atoms with Gasteiger partial charge in [-0.05, 0) is 52.7 Å². The molecule has 2 amide bonds. The van der Waals surface area contributed by atoms with Gasteiger partial charge in [0.05, 0.1) is 6.04 Å². The van der Waals surface area contributed by atoms with Crippen LogP contribution in [0.2, 0.25) is 0 Å². The zero-order valence-corrected chi connectivity index (χ0v) is 14.6. The Morgan fingerprint density at radius 2 is 2.04 bits per heavy atom. The van der Waals surface area contributed by atoms with Crippen LogP contribution < -0.4 is 0 Å². The Kier molecular flexibility index (Phi) is 5.02. The van der Waals surface area contributed by atoms with Gasteiger partial charge in [-0.3, -0.25) is 4.79 Å². The van der Waals surface area contributed by atoms with Crippen molar-refractivity contribution >= 4 is 12.0 Å². The number of furan rings is 1. The van der Waals surface area contributed by atoms with Crippen LogP contribution >= 0.6 is 0 Å². The van der Waals surface area contributed by atoms with Crippen LogP contribution in [0.25, 0.3) is 0 Å². The molecule has 1 aromatic rings. The zero-order chi connectivity index (χ0) is 17.2. The number of piperidine rings is 1. The summed E-state index contributed by atoms with van der Waals surface area (Å²) < 4.78 is 10.8. The summed E-state index contributed by atoms with van der Waals surface area (Å²) in [6.45, 7) is 8.51. The van der Waals surface area contributed by atoms with Crippen LogP contribution in [0, 0.1) is 6.92 Å². The zero-order valence-electron chi connectivity index (χ0n) is 14.6. The van der Waals surface area contributed by atoms with Crippen LogP contribution in [-0.2, 0) is 4.74 Å². The highest BCUT2D eigenvalue weighted by Crippen LogP contribution is 2.20. The molecule has 0 N–H and O–H groups in total. The Morgan fingerprint density at radius 3 is 2.61 bits per heavy atom. The minimum absolute atomic E-state index is 0.0430. The highest BCUT2D eigenvalue weighted by molar-refractivity contribution is 5.91. The second-order valence-electron chi connectivity index (χ2n) is 7.05. The lowest BCUT2D eigenvalue weighted by atomic mass is 10.0. The van der Waals surface area contributed by atoms with Gasteiger partial charge in [0.25, 0.3) is 5.91 Å². The van der Waals surface area contributed by atoms with Crippen molar-refractivity contribution < 1.29 is 18.7 Å². The molecular formula is C17H26N2O4. The van der Waals surface area contributed by atoms with Crippen molar-refractivity contribution in [3.05, 3.63) is 23.7 Å².